The lowest BCUT2D eigenvalue weighted by Gasteiger charge is -2.13. The van der Waals surface area contributed by atoms with Crippen LogP contribution in [0.3, 0.4) is 0 Å². The molecule has 1 fully saturated rings. The summed E-state index contributed by atoms with van der Waals surface area (Å²) in [6.45, 7) is 2.90. The zero-order valence-electron chi connectivity index (χ0n) is 17.4. The lowest BCUT2D eigenvalue weighted by Crippen LogP contribution is -2.19. The molecule has 0 aliphatic carbocycles. The average Bonchev–Trinajstić information content (AvgIpc) is 3.14. The quantitative estimate of drug-likeness (QED) is 0.379. The van der Waals surface area contributed by atoms with Crippen LogP contribution in [0.15, 0.2) is 87.2 Å². The van der Waals surface area contributed by atoms with E-state index in [-0.39, 0.29) is 5.91 Å². The number of halogens is 1. The highest BCUT2D eigenvalue weighted by atomic mass is 79.9. The third kappa shape index (κ3) is 5.81. The predicted octanol–water partition coefficient (Wildman–Crippen LogP) is 6.32. The zero-order valence-corrected chi connectivity index (χ0v) is 19.8. The van der Waals surface area contributed by atoms with Crippen molar-refractivity contribution in [2.24, 2.45) is 4.99 Å². The molecule has 162 valence electrons. The van der Waals surface area contributed by atoms with Gasteiger partial charge in [-0.15, -0.1) is 0 Å². The molecular weight excluding hydrogens is 488 g/mol. The first kappa shape index (κ1) is 22.2. The molecule has 1 aliphatic heterocycles. The van der Waals surface area contributed by atoms with E-state index >= 15 is 0 Å². The van der Waals surface area contributed by atoms with Gasteiger partial charge in [-0.25, -0.2) is 4.99 Å². The summed E-state index contributed by atoms with van der Waals surface area (Å²) >= 11 is 4.72. The Balaban J connectivity index is 1.50. The van der Waals surface area contributed by atoms with Gasteiger partial charge in [0.15, 0.2) is 16.7 Å². The normalized spacial score (nSPS) is 15.8. The monoisotopic (exact) mass is 508 g/mol. The van der Waals surface area contributed by atoms with Gasteiger partial charge in [0, 0.05) is 4.47 Å². The molecule has 1 N–H and O–H groups in total. The fourth-order valence-corrected chi connectivity index (χ4v) is 4.11. The highest BCUT2D eigenvalue weighted by Crippen LogP contribution is 2.33. The summed E-state index contributed by atoms with van der Waals surface area (Å²) in [7, 11) is 0. The summed E-state index contributed by atoms with van der Waals surface area (Å²) in [4.78, 5) is 17.5. The molecule has 1 aliphatic rings. The third-order valence-corrected chi connectivity index (χ3v) is 5.95. The number of thioether (sulfide) groups is 1. The van der Waals surface area contributed by atoms with Gasteiger partial charge >= 0.3 is 0 Å². The van der Waals surface area contributed by atoms with Crippen molar-refractivity contribution in [2.75, 3.05) is 6.61 Å². The van der Waals surface area contributed by atoms with Crippen molar-refractivity contribution in [2.45, 2.75) is 13.5 Å². The van der Waals surface area contributed by atoms with Crippen molar-refractivity contribution in [1.82, 2.24) is 5.32 Å². The fraction of sp³-hybridized carbons (Fsp3) is 0.120. The Bertz CT molecular complexity index is 1160. The van der Waals surface area contributed by atoms with Gasteiger partial charge in [-0.05, 0) is 72.3 Å². The number of carbonyl (C=O) groups is 1. The van der Waals surface area contributed by atoms with Crippen LogP contribution in [0.25, 0.3) is 6.08 Å². The lowest BCUT2D eigenvalue weighted by molar-refractivity contribution is -0.115. The number of hydrogen-bond donors (Lipinski definition) is 1. The first-order valence-corrected chi connectivity index (χ1v) is 11.7. The van der Waals surface area contributed by atoms with Gasteiger partial charge in [-0.3, -0.25) is 4.79 Å². The molecule has 5 nitrogen and oxygen atoms in total. The highest BCUT2D eigenvalue weighted by molar-refractivity contribution is 9.10. The van der Waals surface area contributed by atoms with E-state index in [2.05, 4.69) is 26.2 Å². The number of nitrogens with one attached hydrogen (secondary N) is 1. The van der Waals surface area contributed by atoms with E-state index in [0.29, 0.717) is 34.8 Å². The minimum Gasteiger partial charge on any atom is -0.490 e. The van der Waals surface area contributed by atoms with Gasteiger partial charge in [0.1, 0.15) is 6.61 Å². The van der Waals surface area contributed by atoms with Gasteiger partial charge < -0.3 is 14.8 Å². The molecule has 1 heterocycles. The van der Waals surface area contributed by atoms with Crippen molar-refractivity contribution in [3.63, 3.8) is 0 Å². The van der Waals surface area contributed by atoms with Crippen LogP contribution in [0.2, 0.25) is 0 Å². The van der Waals surface area contributed by atoms with Crippen LogP contribution in [0, 0.1) is 0 Å². The maximum atomic E-state index is 12.4. The largest absolute Gasteiger partial charge is 0.490 e. The van der Waals surface area contributed by atoms with Gasteiger partial charge in [0.25, 0.3) is 5.91 Å². The number of ether oxygens (including phenoxy) is 2. The second kappa shape index (κ2) is 10.5. The topological polar surface area (TPSA) is 59.9 Å². The van der Waals surface area contributed by atoms with E-state index in [4.69, 9.17) is 9.47 Å². The molecule has 0 saturated carbocycles. The number of aliphatic imine (C=N–C) groups is 1. The van der Waals surface area contributed by atoms with Crippen molar-refractivity contribution in [3.8, 4) is 11.5 Å². The maximum Gasteiger partial charge on any atom is 0.264 e. The third-order valence-electron chi connectivity index (χ3n) is 4.51. The van der Waals surface area contributed by atoms with E-state index < -0.39 is 0 Å². The number of amides is 1. The summed E-state index contributed by atoms with van der Waals surface area (Å²) in [6.07, 6.45) is 1.83. The van der Waals surface area contributed by atoms with Crippen LogP contribution in [0.4, 0.5) is 5.69 Å². The van der Waals surface area contributed by atoms with Crippen molar-refractivity contribution in [1.29, 1.82) is 0 Å². The van der Waals surface area contributed by atoms with Gasteiger partial charge in [-0.2, -0.15) is 0 Å². The van der Waals surface area contributed by atoms with Gasteiger partial charge in [0.2, 0.25) is 0 Å². The minimum absolute atomic E-state index is 0.173. The Morgan fingerprint density at radius 3 is 2.53 bits per heavy atom. The van der Waals surface area contributed by atoms with Crippen LogP contribution in [0.5, 0.6) is 11.5 Å². The summed E-state index contributed by atoms with van der Waals surface area (Å²) in [5, 5.41) is 3.37. The summed E-state index contributed by atoms with van der Waals surface area (Å²) < 4.78 is 12.7. The molecule has 32 heavy (non-hydrogen) atoms. The molecule has 3 aromatic carbocycles. The highest BCUT2D eigenvalue weighted by Gasteiger charge is 2.24. The predicted molar refractivity (Wildman–Crippen MR) is 133 cm³/mol. The molecule has 0 radical (unpaired) electrons. The molecule has 0 bridgehead atoms. The smallest absolute Gasteiger partial charge is 0.264 e. The molecule has 4 rings (SSSR count). The molecule has 0 aromatic heterocycles. The molecule has 0 spiro atoms. The Morgan fingerprint density at radius 1 is 1.00 bits per heavy atom. The first-order chi connectivity index (χ1) is 15.6. The second-order valence-electron chi connectivity index (χ2n) is 6.87. The molecule has 7 heteroatoms. The van der Waals surface area contributed by atoms with Crippen molar-refractivity contribution in [3.05, 3.63) is 93.3 Å². The van der Waals surface area contributed by atoms with Crippen LogP contribution in [-0.4, -0.2) is 17.7 Å². The number of amidine groups is 1. The summed E-state index contributed by atoms with van der Waals surface area (Å²) in [5.74, 6) is 1.14. The summed E-state index contributed by atoms with van der Waals surface area (Å²) in [5.41, 5.74) is 2.71. The van der Waals surface area contributed by atoms with E-state index in [9.17, 15) is 4.79 Å². The second-order valence-corrected chi connectivity index (χ2v) is 8.82. The van der Waals surface area contributed by atoms with Crippen LogP contribution >= 0.6 is 27.7 Å². The molecule has 1 saturated heterocycles. The number of hydrogen-bond acceptors (Lipinski definition) is 5. The van der Waals surface area contributed by atoms with Crippen LogP contribution in [0.1, 0.15) is 18.1 Å². The number of benzene rings is 3. The SMILES string of the molecule is CCOc1cc(/C=C2/SC(=Nc3ccc(Br)cc3)NC2=O)ccc1OCc1ccccc1. The van der Waals surface area contributed by atoms with Gasteiger partial charge in [-0.1, -0.05) is 52.3 Å². The lowest BCUT2D eigenvalue weighted by atomic mass is 10.2. The Morgan fingerprint density at radius 2 is 1.78 bits per heavy atom. The minimum atomic E-state index is -0.173. The number of nitrogens with zero attached hydrogens (tertiary/aromatic N) is 1. The molecule has 0 unspecified atom stereocenters. The maximum absolute atomic E-state index is 12.4. The average molecular weight is 509 g/mol. The molecule has 1 amide bonds. The molecule has 0 atom stereocenters. The van der Waals surface area contributed by atoms with Crippen molar-refractivity contribution < 1.29 is 14.3 Å². The van der Waals surface area contributed by atoms with E-state index in [1.165, 1.54) is 11.8 Å². The van der Waals surface area contributed by atoms with E-state index in [0.717, 1.165) is 21.3 Å². The first-order valence-electron chi connectivity index (χ1n) is 10.1. The Kier molecular flexibility index (Phi) is 7.29. The fourth-order valence-electron chi connectivity index (χ4n) is 3.00. The zero-order chi connectivity index (χ0) is 22.3. The number of rotatable bonds is 7. The van der Waals surface area contributed by atoms with Crippen LogP contribution < -0.4 is 14.8 Å². The molecular formula is C25H21BrN2O3S. The van der Waals surface area contributed by atoms with Crippen LogP contribution in [-0.2, 0) is 11.4 Å². The number of carbonyl (C=O) groups excluding carboxylic acids is 1. The standard InChI is InChI=1S/C25H21BrN2O3S/c1-2-30-22-14-18(8-13-21(22)31-16-17-6-4-3-5-7-17)15-23-24(29)28-25(32-23)27-20-11-9-19(26)10-12-20/h3-15H,2,16H2,1H3,(H,27,28,29)/b23-15+. The van der Waals surface area contributed by atoms with Gasteiger partial charge in [0.05, 0.1) is 17.2 Å². The van der Waals surface area contributed by atoms with E-state index in [1.54, 1.807) is 0 Å². The molecule has 3 aromatic rings. The Hall–Kier alpha value is -3.03. The Labute approximate surface area is 199 Å². The van der Waals surface area contributed by atoms with E-state index in [1.807, 2.05) is 85.8 Å². The summed E-state index contributed by atoms with van der Waals surface area (Å²) in [6, 6.07) is 23.2. The van der Waals surface area contributed by atoms with Crippen molar-refractivity contribution >= 4 is 50.5 Å².